The molecule has 6 aliphatic carbocycles. The molecule has 6 saturated carbocycles. The van der Waals surface area contributed by atoms with Crippen molar-refractivity contribution in [2.45, 2.75) is 121 Å². The molecule has 6 aliphatic rings. The zero-order chi connectivity index (χ0) is 26.8. The maximum Gasteiger partial charge on any atom is 0.312 e. The van der Waals surface area contributed by atoms with Crippen LogP contribution in [0.2, 0.25) is 0 Å². The van der Waals surface area contributed by atoms with Gasteiger partial charge in [0.25, 0.3) is 0 Å². The Labute approximate surface area is 224 Å². The average Bonchev–Trinajstić information content (AvgIpc) is 3.05. The van der Waals surface area contributed by atoms with Crippen molar-refractivity contribution in [1.82, 2.24) is 4.57 Å². The van der Waals surface area contributed by atoms with Crippen LogP contribution >= 0.6 is 0 Å². The van der Waals surface area contributed by atoms with Crippen molar-refractivity contribution in [1.29, 1.82) is 0 Å². The van der Waals surface area contributed by atoms with Gasteiger partial charge >= 0.3 is 11.9 Å². The van der Waals surface area contributed by atoms with Crippen LogP contribution in [0.3, 0.4) is 0 Å². The number of aromatic nitrogens is 1. The lowest BCUT2D eigenvalue weighted by Crippen LogP contribution is -2.60. The topological polar surface area (TPSA) is 115 Å². The van der Waals surface area contributed by atoms with Crippen molar-refractivity contribution in [2.24, 2.45) is 23.2 Å². The maximum atomic E-state index is 13.5. The van der Waals surface area contributed by atoms with E-state index in [2.05, 4.69) is 0 Å². The van der Waals surface area contributed by atoms with Crippen LogP contribution in [0.5, 0.6) is 11.8 Å². The van der Waals surface area contributed by atoms with E-state index in [-0.39, 0.29) is 47.5 Å². The summed E-state index contributed by atoms with van der Waals surface area (Å²) in [6.07, 6.45) is 9.66. The number of nitrogens with zero attached hydrogens (tertiary/aromatic N) is 1. The zero-order valence-corrected chi connectivity index (χ0v) is 22.7. The van der Waals surface area contributed by atoms with E-state index in [0.717, 1.165) is 44.9 Å². The van der Waals surface area contributed by atoms with Crippen LogP contribution in [0.25, 0.3) is 0 Å². The number of aromatic hydroxyl groups is 2. The molecule has 3 atom stereocenters. The van der Waals surface area contributed by atoms with Gasteiger partial charge in [-0.2, -0.15) is 0 Å². The highest BCUT2D eigenvalue weighted by molar-refractivity contribution is 5.82. The fourth-order valence-corrected chi connectivity index (χ4v) is 8.91. The van der Waals surface area contributed by atoms with Crippen LogP contribution in [0.4, 0.5) is 0 Å². The molecule has 0 radical (unpaired) electrons. The number of hydrogen-bond donors (Lipinski definition) is 2. The molecule has 0 aliphatic heterocycles. The lowest BCUT2D eigenvalue weighted by atomic mass is 9.48. The molecule has 208 valence electrons. The van der Waals surface area contributed by atoms with Gasteiger partial charge in [-0.05, 0) is 96.3 Å². The highest BCUT2D eigenvalue weighted by Gasteiger charge is 2.63. The fourth-order valence-electron chi connectivity index (χ4n) is 8.91. The standard InChI is InChI=1S/C30H41NO7/c1-17-18(2)26(34)31(25(17)33)22-8-6-21(7-9-22)27(35)38-30-14-19-10-20(15-30)13-29(12-19,16-30)28(36)37-24-5-3-4-23(32)11-24/h19-22,24,33-34H,3-16H2,1-2H3. The van der Waals surface area contributed by atoms with Gasteiger partial charge in [0, 0.05) is 36.4 Å². The third-order valence-corrected chi connectivity index (χ3v) is 10.6. The lowest BCUT2D eigenvalue weighted by molar-refractivity contribution is -0.218. The summed E-state index contributed by atoms with van der Waals surface area (Å²) < 4.78 is 13.9. The molecule has 7 rings (SSSR count). The third-order valence-electron chi connectivity index (χ3n) is 10.6. The van der Waals surface area contributed by atoms with E-state index < -0.39 is 11.0 Å². The van der Waals surface area contributed by atoms with Crippen molar-refractivity contribution in [3.8, 4) is 11.8 Å². The minimum absolute atomic E-state index is 0.0456. The first kappa shape index (κ1) is 25.8. The largest absolute Gasteiger partial charge is 0.494 e. The Hall–Kier alpha value is -2.51. The molecule has 38 heavy (non-hydrogen) atoms. The predicted molar refractivity (Wildman–Crippen MR) is 138 cm³/mol. The molecule has 1 aromatic heterocycles. The van der Waals surface area contributed by atoms with Crippen molar-refractivity contribution in [3.05, 3.63) is 11.1 Å². The molecule has 6 fully saturated rings. The summed E-state index contributed by atoms with van der Waals surface area (Å²) >= 11 is 0. The van der Waals surface area contributed by atoms with Crippen molar-refractivity contribution in [3.63, 3.8) is 0 Å². The third kappa shape index (κ3) is 4.32. The SMILES string of the molecule is Cc1c(C)c(O)n(C2CCC(C(=O)OC34CC5CC(C3)CC(C(=O)OC3CCCC(=O)C3)(C5)C4)CC2)c1O. The highest BCUT2D eigenvalue weighted by Crippen LogP contribution is 2.63. The van der Waals surface area contributed by atoms with E-state index in [1.807, 2.05) is 0 Å². The lowest BCUT2D eigenvalue weighted by Gasteiger charge is -2.60. The first-order chi connectivity index (χ1) is 18.1. The molecule has 4 bridgehead atoms. The molecule has 0 spiro atoms. The minimum Gasteiger partial charge on any atom is -0.494 e. The monoisotopic (exact) mass is 527 g/mol. The van der Waals surface area contributed by atoms with Gasteiger partial charge < -0.3 is 19.7 Å². The molecule has 8 nitrogen and oxygen atoms in total. The Morgan fingerprint density at radius 2 is 1.55 bits per heavy atom. The predicted octanol–water partition coefficient (Wildman–Crippen LogP) is 5.18. The van der Waals surface area contributed by atoms with Crippen LogP contribution in [0.1, 0.15) is 107 Å². The first-order valence-electron chi connectivity index (χ1n) is 14.6. The van der Waals surface area contributed by atoms with Gasteiger partial charge in [-0.3, -0.25) is 19.0 Å². The molecule has 1 heterocycles. The van der Waals surface area contributed by atoms with E-state index in [0.29, 0.717) is 67.9 Å². The number of hydrogen-bond acceptors (Lipinski definition) is 7. The van der Waals surface area contributed by atoms with Crippen molar-refractivity contribution < 1.29 is 34.1 Å². The number of esters is 2. The Bertz CT molecular complexity index is 1100. The molecule has 2 N–H and O–H groups in total. The van der Waals surface area contributed by atoms with E-state index in [1.165, 1.54) is 0 Å². The van der Waals surface area contributed by atoms with Crippen molar-refractivity contribution in [2.75, 3.05) is 0 Å². The van der Waals surface area contributed by atoms with Crippen LogP contribution in [-0.4, -0.2) is 44.2 Å². The molecular formula is C30H41NO7. The molecule has 3 unspecified atom stereocenters. The normalized spacial score (nSPS) is 38.3. The van der Waals surface area contributed by atoms with Crippen LogP contribution in [0.15, 0.2) is 0 Å². The summed E-state index contributed by atoms with van der Waals surface area (Å²) in [6, 6.07) is -0.0456. The number of carbonyl (C=O) groups is 3. The fraction of sp³-hybridized carbons (Fsp3) is 0.767. The second kappa shape index (κ2) is 9.30. The first-order valence-corrected chi connectivity index (χ1v) is 14.6. The van der Waals surface area contributed by atoms with E-state index in [1.54, 1.807) is 18.4 Å². The Kier molecular flexibility index (Phi) is 6.30. The average molecular weight is 528 g/mol. The summed E-state index contributed by atoms with van der Waals surface area (Å²) in [5.41, 5.74) is 0.188. The number of Topliss-reactive ketones (excluding diaryl/α,β-unsaturated/α-hetero) is 1. The Balaban J connectivity index is 1.11. The number of ether oxygens (including phenoxy) is 2. The number of rotatable bonds is 5. The van der Waals surface area contributed by atoms with Gasteiger partial charge in [0.15, 0.2) is 11.8 Å². The Morgan fingerprint density at radius 1 is 0.921 bits per heavy atom. The van der Waals surface area contributed by atoms with E-state index >= 15 is 0 Å². The summed E-state index contributed by atoms with van der Waals surface area (Å²) in [5.74, 6) is 0.565. The quantitative estimate of drug-likeness (QED) is 0.507. The Morgan fingerprint density at radius 3 is 2.16 bits per heavy atom. The molecule has 1 aromatic rings. The number of carbonyl (C=O) groups excluding carboxylic acids is 3. The van der Waals surface area contributed by atoms with E-state index in [9.17, 15) is 24.6 Å². The van der Waals surface area contributed by atoms with Gasteiger partial charge in [0.1, 0.15) is 17.5 Å². The summed E-state index contributed by atoms with van der Waals surface area (Å²) in [7, 11) is 0. The van der Waals surface area contributed by atoms with Gasteiger partial charge in [-0.25, -0.2) is 0 Å². The zero-order valence-electron chi connectivity index (χ0n) is 22.7. The van der Waals surface area contributed by atoms with Gasteiger partial charge in [0.05, 0.1) is 11.3 Å². The molecule has 0 saturated heterocycles. The smallest absolute Gasteiger partial charge is 0.312 e. The molecule has 8 heteroatoms. The van der Waals surface area contributed by atoms with Crippen molar-refractivity contribution >= 4 is 17.7 Å². The van der Waals surface area contributed by atoms with Crippen LogP contribution < -0.4 is 0 Å². The van der Waals surface area contributed by atoms with E-state index in [4.69, 9.17) is 9.47 Å². The van der Waals surface area contributed by atoms with Crippen LogP contribution in [0, 0.1) is 37.0 Å². The summed E-state index contributed by atoms with van der Waals surface area (Å²) in [4.78, 5) is 38.9. The number of ketones is 1. The molecule has 0 amide bonds. The minimum atomic E-state index is -0.596. The maximum absolute atomic E-state index is 13.5. The van der Waals surface area contributed by atoms with Gasteiger partial charge in [0.2, 0.25) is 0 Å². The summed E-state index contributed by atoms with van der Waals surface area (Å²) in [5, 5.41) is 21.0. The summed E-state index contributed by atoms with van der Waals surface area (Å²) in [6.45, 7) is 3.60. The van der Waals surface area contributed by atoms with Crippen LogP contribution in [-0.2, 0) is 23.9 Å². The highest BCUT2D eigenvalue weighted by atomic mass is 16.6. The second-order valence-corrected chi connectivity index (χ2v) is 13.3. The molecule has 0 aromatic carbocycles. The second-order valence-electron chi connectivity index (χ2n) is 13.3. The molecular weight excluding hydrogens is 486 g/mol. The van der Waals surface area contributed by atoms with Gasteiger partial charge in [-0.15, -0.1) is 0 Å². The van der Waals surface area contributed by atoms with Gasteiger partial charge in [-0.1, -0.05) is 0 Å².